The second kappa shape index (κ2) is 12.2. The van der Waals surface area contributed by atoms with Crippen LogP contribution in [0.4, 0.5) is 5.69 Å². The molecule has 1 saturated heterocycles. The highest BCUT2D eigenvalue weighted by atomic mass is 35.5. The number of hydrogen-bond donors (Lipinski definition) is 2. The van der Waals surface area contributed by atoms with Crippen molar-refractivity contribution < 1.29 is 19.4 Å². The highest BCUT2D eigenvalue weighted by Gasteiger charge is 2.38. The van der Waals surface area contributed by atoms with Crippen molar-refractivity contribution in [1.82, 2.24) is 19.0 Å². The Kier molecular flexibility index (Phi) is 8.30. The van der Waals surface area contributed by atoms with Gasteiger partial charge in [-0.3, -0.25) is 23.9 Å². The van der Waals surface area contributed by atoms with Crippen molar-refractivity contribution in [3.05, 3.63) is 96.8 Å². The predicted octanol–water partition coefficient (Wildman–Crippen LogP) is 4.43. The van der Waals surface area contributed by atoms with Crippen LogP contribution in [0.15, 0.2) is 58.3 Å². The van der Waals surface area contributed by atoms with Crippen LogP contribution >= 0.6 is 11.6 Å². The number of likely N-dealkylation sites (tertiary alicyclic amines) is 1. The molecule has 1 fully saturated rings. The van der Waals surface area contributed by atoms with Crippen LogP contribution in [0.1, 0.15) is 45.9 Å². The number of fused-ring (bicyclic) bond motifs is 1. The van der Waals surface area contributed by atoms with Gasteiger partial charge in [-0.1, -0.05) is 41.9 Å². The number of carboxylic acids is 1. The lowest BCUT2D eigenvalue weighted by Crippen LogP contribution is -2.40. The average Bonchev–Trinajstić information content (AvgIpc) is 3.70. The maximum Gasteiger partial charge on any atom is 0.330 e. The monoisotopic (exact) mass is 643 g/mol. The highest BCUT2D eigenvalue weighted by Crippen LogP contribution is 2.45. The largest absolute Gasteiger partial charge is 0.481 e. The van der Waals surface area contributed by atoms with Gasteiger partial charge in [0.25, 0.3) is 11.5 Å². The molecule has 2 atom stereocenters. The summed E-state index contributed by atoms with van der Waals surface area (Å²) in [7, 11) is 4.40. The number of nitrogens with one attached hydrogen (secondary N) is 1. The lowest BCUT2D eigenvalue weighted by Gasteiger charge is -2.25. The van der Waals surface area contributed by atoms with E-state index in [1.54, 1.807) is 19.2 Å². The van der Waals surface area contributed by atoms with E-state index in [0.29, 0.717) is 35.2 Å². The van der Waals surface area contributed by atoms with Gasteiger partial charge in [0.2, 0.25) is 5.88 Å². The molecule has 2 aromatic heterocycles. The van der Waals surface area contributed by atoms with Crippen molar-refractivity contribution in [2.24, 2.45) is 20.0 Å². The number of methoxy groups -OCH3 is 1. The third-order valence-corrected chi connectivity index (χ3v) is 9.58. The van der Waals surface area contributed by atoms with E-state index in [1.807, 2.05) is 37.3 Å². The number of rotatable bonds is 7. The van der Waals surface area contributed by atoms with Crippen molar-refractivity contribution in [3.63, 3.8) is 0 Å². The van der Waals surface area contributed by atoms with Gasteiger partial charge in [-0.05, 0) is 61.6 Å². The molecule has 1 amide bonds. The maximum atomic E-state index is 13.1. The van der Waals surface area contributed by atoms with Crippen LogP contribution in [-0.4, -0.2) is 56.2 Å². The molecule has 0 bridgehead atoms. The first-order valence-corrected chi connectivity index (χ1v) is 15.4. The molecule has 2 aliphatic rings. The molecule has 0 saturated carbocycles. The minimum absolute atomic E-state index is 0.0548. The SMILES string of the molecule is COc1nc(-c2cccc(-c3cccc(NC(=O)c4cn(C)c(=O)n(C)c4=O)c3C)c2Cl)cc2c1C(N1CCC(C(=O)O)C1)CC2. The van der Waals surface area contributed by atoms with E-state index in [4.69, 9.17) is 21.3 Å². The van der Waals surface area contributed by atoms with Crippen molar-refractivity contribution in [2.75, 3.05) is 25.5 Å². The zero-order valence-corrected chi connectivity index (χ0v) is 26.7. The smallest absolute Gasteiger partial charge is 0.330 e. The fourth-order valence-corrected chi connectivity index (χ4v) is 6.99. The Balaban J connectivity index is 1.33. The number of pyridine rings is 1. The molecule has 2 aromatic carbocycles. The summed E-state index contributed by atoms with van der Waals surface area (Å²) in [4.78, 5) is 56.5. The quantitative estimate of drug-likeness (QED) is 0.302. The van der Waals surface area contributed by atoms with E-state index < -0.39 is 23.1 Å². The Labute approximate surface area is 270 Å². The van der Waals surface area contributed by atoms with Gasteiger partial charge >= 0.3 is 11.7 Å². The summed E-state index contributed by atoms with van der Waals surface area (Å²) in [6, 6.07) is 13.2. The van der Waals surface area contributed by atoms with Crippen molar-refractivity contribution in [3.8, 4) is 28.3 Å². The van der Waals surface area contributed by atoms with E-state index in [1.165, 1.54) is 24.9 Å². The van der Waals surface area contributed by atoms with E-state index in [-0.39, 0.29) is 17.5 Å². The van der Waals surface area contributed by atoms with Gasteiger partial charge in [-0.15, -0.1) is 0 Å². The Hall–Kier alpha value is -4.74. The number of anilines is 1. The summed E-state index contributed by atoms with van der Waals surface area (Å²) >= 11 is 7.09. The van der Waals surface area contributed by atoms with Gasteiger partial charge < -0.3 is 19.7 Å². The molecule has 2 unspecified atom stereocenters. The molecule has 6 rings (SSSR count). The molecule has 3 heterocycles. The number of aryl methyl sites for hydroxylation is 2. The summed E-state index contributed by atoms with van der Waals surface area (Å²) in [6.45, 7) is 3.09. The molecular weight excluding hydrogens is 610 g/mol. The van der Waals surface area contributed by atoms with Crippen LogP contribution in [0, 0.1) is 12.8 Å². The van der Waals surface area contributed by atoms with Gasteiger partial charge in [-0.25, -0.2) is 9.78 Å². The molecular formula is C34H34ClN5O6. The fourth-order valence-electron chi connectivity index (χ4n) is 6.67. The second-order valence-corrected chi connectivity index (χ2v) is 12.2. The van der Waals surface area contributed by atoms with Gasteiger partial charge in [0, 0.05) is 55.3 Å². The highest BCUT2D eigenvalue weighted by molar-refractivity contribution is 6.36. The number of carboxylic acid groups (broad SMARTS) is 1. The van der Waals surface area contributed by atoms with Crippen LogP contribution in [-0.2, 0) is 25.3 Å². The van der Waals surface area contributed by atoms with Crippen molar-refractivity contribution in [1.29, 1.82) is 0 Å². The number of ether oxygens (including phenoxy) is 1. The summed E-state index contributed by atoms with van der Waals surface area (Å²) in [6.07, 6.45) is 3.54. The molecule has 1 aliphatic carbocycles. The van der Waals surface area contributed by atoms with Gasteiger partial charge in [0.05, 0.1) is 23.7 Å². The number of aromatic nitrogens is 3. The number of carbonyl (C=O) groups excluding carboxylic acids is 1. The molecule has 238 valence electrons. The molecule has 2 N–H and O–H groups in total. The normalized spacial score (nSPS) is 17.6. The standard InChI is InChI=1S/C34H34ClN5O6/c1-18-21(7-6-10-25(18)36-30(41)24-17-38(2)34(45)39(3)32(24)42)22-8-5-9-23(29(22)35)26-15-19-11-12-27(28(19)31(37-26)46-4)40-14-13-20(16-40)33(43)44/h5-10,15,17,20,27H,11-14,16H2,1-4H3,(H,36,41)(H,43,44). The Bertz CT molecular complexity index is 2020. The van der Waals surface area contributed by atoms with Gasteiger partial charge in [0.15, 0.2) is 0 Å². The molecule has 0 spiro atoms. The Morgan fingerprint density at radius 3 is 2.50 bits per heavy atom. The number of nitrogens with zero attached hydrogens (tertiary/aromatic N) is 4. The van der Waals surface area contributed by atoms with Gasteiger partial charge in [-0.2, -0.15) is 0 Å². The maximum absolute atomic E-state index is 13.1. The molecule has 1 aliphatic heterocycles. The number of halogens is 1. The molecule has 12 heteroatoms. The average molecular weight is 644 g/mol. The number of aliphatic carboxylic acids is 1. The third kappa shape index (κ3) is 5.39. The Morgan fingerprint density at radius 2 is 1.78 bits per heavy atom. The zero-order chi connectivity index (χ0) is 32.9. The minimum Gasteiger partial charge on any atom is -0.481 e. The number of hydrogen-bond acceptors (Lipinski definition) is 7. The Morgan fingerprint density at radius 1 is 1.07 bits per heavy atom. The van der Waals surface area contributed by atoms with E-state index in [2.05, 4.69) is 10.2 Å². The van der Waals surface area contributed by atoms with Crippen LogP contribution in [0.5, 0.6) is 5.88 Å². The summed E-state index contributed by atoms with van der Waals surface area (Å²) in [5.41, 5.74) is 4.91. The predicted molar refractivity (Wildman–Crippen MR) is 175 cm³/mol. The van der Waals surface area contributed by atoms with Crippen molar-refractivity contribution >= 4 is 29.2 Å². The number of carbonyl (C=O) groups is 2. The second-order valence-electron chi connectivity index (χ2n) is 11.9. The van der Waals surface area contributed by atoms with E-state index >= 15 is 0 Å². The first-order chi connectivity index (χ1) is 22.0. The third-order valence-electron chi connectivity index (χ3n) is 9.17. The first kappa shape index (κ1) is 31.3. The number of benzene rings is 2. The van der Waals surface area contributed by atoms with Crippen LogP contribution < -0.4 is 21.3 Å². The van der Waals surface area contributed by atoms with Crippen molar-refractivity contribution in [2.45, 2.75) is 32.2 Å². The molecule has 11 nitrogen and oxygen atoms in total. The molecule has 0 radical (unpaired) electrons. The lowest BCUT2D eigenvalue weighted by atomic mass is 9.96. The minimum atomic E-state index is -0.756. The van der Waals surface area contributed by atoms with Crippen LogP contribution in [0.25, 0.3) is 22.4 Å². The lowest BCUT2D eigenvalue weighted by molar-refractivity contribution is -0.141. The van der Waals surface area contributed by atoms with Crippen LogP contribution in [0.2, 0.25) is 5.02 Å². The molecule has 4 aromatic rings. The topological polar surface area (TPSA) is 136 Å². The fraction of sp³-hybridized carbons (Fsp3) is 0.324. The van der Waals surface area contributed by atoms with Crippen LogP contribution in [0.3, 0.4) is 0 Å². The van der Waals surface area contributed by atoms with E-state index in [9.17, 15) is 24.3 Å². The zero-order valence-electron chi connectivity index (χ0n) is 26.0. The summed E-state index contributed by atoms with van der Waals surface area (Å²) < 4.78 is 7.88. The first-order valence-electron chi connectivity index (χ1n) is 15.0. The van der Waals surface area contributed by atoms with Gasteiger partial charge in [0.1, 0.15) is 5.56 Å². The summed E-state index contributed by atoms with van der Waals surface area (Å²) in [5.74, 6) is -1.23. The van der Waals surface area contributed by atoms with E-state index in [0.717, 1.165) is 57.3 Å². The molecule has 46 heavy (non-hydrogen) atoms. The summed E-state index contributed by atoms with van der Waals surface area (Å²) in [5, 5.41) is 12.8. The number of amides is 1.